The highest BCUT2D eigenvalue weighted by molar-refractivity contribution is 5.91. The van der Waals surface area contributed by atoms with Crippen LogP contribution >= 0.6 is 0 Å². The first-order valence-electron chi connectivity index (χ1n) is 10.2. The molecule has 0 amide bonds. The van der Waals surface area contributed by atoms with E-state index >= 15 is 0 Å². The lowest BCUT2D eigenvalue weighted by Gasteiger charge is -2.15. The number of carbonyl (C=O) groups is 1. The van der Waals surface area contributed by atoms with Gasteiger partial charge in [-0.1, -0.05) is 0 Å². The SMILES string of the molecule is COC(=O)c1ccc(OC)c(Nc2cc(-c3ccncc3)nc(NCCCN(C)C)n2)c1. The molecule has 2 aromatic heterocycles. The first-order valence-corrected chi connectivity index (χ1v) is 10.2. The summed E-state index contributed by atoms with van der Waals surface area (Å²) in [5.41, 5.74) is 2.65. The molecule has 0 fully saturated rings. The Morgan fingerprint density at radius 1 is 1.06 bits per heavy atom. The zero-order chi connectivity index (χ0) is 22.9. The average molecular weight is 437 g/mol. The lowest BCUT2D eigenvalue weighted by Crippen LogP contribution is -2.17. The predicted octanol–water partition coefficient (Wildman–Crippen LogP) is 3.44. The molecule has 9 heteroatoms. The number of hydrogen-bond donors (Lipinski definition) is 2. The van der Waals surface area contributed by atoms with E-state index in [2.05, 4.69) is 30.5 Å². The van der Waals surface area contributed by atoms with Gasteiger partial charge in [0, 0.05) is 30.6 Å². The fourth-order valence-electron chi connectivity index (χ4n) is 3.04. The van der Waals surface area contributed by atoms with Crippen LogP contribution in [0, 0.1) is 0 Å². The highest BCUT2D eigenvalue weighted by Gasteiger charge is 2.13. The van der Waals surface area contributed by atoms with Crippen LogP contribution in [0.15, 0.2) is 48.8 Å². The van der Waals surface area contributed by atoms with E-state index in [4.69, 9.17) is 9.47 Å². The third kappa shape index (κ3) is 6.14. The molecule has 2 heterocycles. The highest BCUT2D eigenvalue weighted by Crippen LogP contribution is 2.30. The van der Waals surface area contributed by atoms with Crippen molar-refractivity contribution in [3.63, 3.8) is 0 Å². The molecule has 1 aromatic carbocycles. The van der Waals surface area contributed by atoms with Gasteiger partial charge in [-0.05, 0) is 57.4 Å². The van der Waals surface area contributed by atoms with Gasteiger partial charge in [-0.25, -0.2) is 9.78 Å². The summed E-state index contributed by atoms with van der Waals surface area (Å²) in [6.07, 6.45) is 4.39. The van der Waals surface area contributed by atoms with Crippen molar-refractivity contribution < 1.29 is 14.3 Å². The number of ether oxygens (including phenoxy) is 2. The van der Waals surface area contributed by atoms with Crippen molar-refractivity contribution in [2.45, 2.75) is 6.42 Å². The predicted molar refractivity (Wildman–Crippen MR) is 125 cm³/mol. The third-order valence-electron chi connectivity index (χ3n) is 4.65. The number of anilines is 3. The summed E-state index contributed by atoms with van der Waals surface area (Å²) in [5.74, 6) is 1.20. The number of rotatable bonds is 10. The maximum atomic E-state index is 12.0. The molecule has 0 atom stereocenters. The van der Waals surface area contributed by atoms with Gasteiger partial charge in [0.1, 0.15) is 11.6 Å². The lowest BCUT2D eigenvalue weighted by molar-refractivity contribution is 0.0600. The summed E-state index contributed by atoms with van der Waals surface area (Å²) >= 11 is 0. The van der Waals surface area contributed by atoms with Crippen molar-refractivity contribution >= 4 is 23.4 Å². The molecule has 0 bridgehead atoms. The van der Waals surface area contributed by atoms with Gasteiger partial charge in [0.15, 0.2) is 0 Å². The standard InChI is InChI=1S/C23H28N6O3/c1-29(2)13-5-10-25-23-27-18(16-8-11-24-12-9-16)15-21(28-23)26-19-14-17(22(30)32-4)6-7-20(19)31-3/h6-9,11-12,14-15H,5,10,13H2,1-4H3,(H2,25,26,27,28). The van der Waals surface area contributed by atoms with Gasteiger partial charge >= 0.3 is 5.97 Å². The third-order valence-corrected chi connectivity index (χ3v) is 4.65. The second-order valence-corrected chi connectivity index (χ2v) is 7.31. The van der Waals surface area contributed by atoms with E-state index in [-0.39, 0.29) is 0 Å². The number of benzene rings is 1. The first-order chi connectivity index (χ1) is 15.5. The maximum absolute atomic E-state index is 12.0. The highest BCUT2D eigenvalue weighted by atomic mass is 16.5. The maximum Gasteiger partial charge on any atom is 0.337 e. The molecule has 0 aliphatic carbocycles. The lowest BCUT2D eigenvalue weighted by atomic mass is 10.1. The molecule has 0 unspecified atom stereocenters. The molecule has 0 radical (unpaired) electrons. The summed E-state index contributed by atoms with van der Waals surface area (Å²) in [7, 11) is 6.99. The summed E-state index contributed by atoms with van der Waals surface area (Å²) < 4.78 is 10.3. The van der Waals surface area contributed by atoms with Crippen molar-refractivity contribution in [3.8, 4) is 17.0 Å². The van der Waals surface area contributed by atoms with Crippen molar-refractivity contribution in [1.82, 2.24) is 19.9 Å². The molecule has 3 aromatic rings. The molecule has 168 valence electrons. The van der Waals surface area contributed by atoms with Crippen molar-refractivity contribution in [2.24, 2.45) is 0 Å². The van der Waals surface area contributed by atoms with Crippen LogP contribution in [-0.2, 0) is 4.74 Å². The van der Waals surface area contributed by atoms with Gasteiger partial charge in [0.05, 0.1) is 31.2 Å². The van der Waals surface area contributed by atoms with Crippen LogP contribution in [0.2, 0.25) is 0 Å². The number of pyridine rings is 1. The van der Waals surface area contributed by atoms with Crippen LogP contribution < -0.4 is 15.4 Å². The molecule has 0 saturated heterocycles. The van der Waals surface area contributed by atoms with Crippen LogP contribution in [0.5, 0.6) is 5.75 Å². The Balaban J connectivity index is 1.92. The largest absolute Gasteiger partial charge is 0.495 e. The minimum atomic E-state index is -0.431. The van der Waals surface area contributed by atoms with Gasteiger partial charge in [-0.15, -0.1) is 0 Å². The smallest absolute Gasteiger partial charge is 0.337 e. The Kier molecular flexibility index (Phi) is 7.93. The Hall–Kier alpha value is -3.72. The van der Waals surface area contributed by atoms with Gasteiger partial charge < -0.3 is 25.0 Å². The number of esters is 1. The zero-order valence-corrected chi connectivity index (χ0v) is 18.8. The minimum absolute atomic E-state index is 0.404. The fourth-order valence-corrected chi connectivity index (χ4v) is 3.04. The van der Waals surface area contributed by atoms with Gasteiger partial charge in [-0.2, -0.15) is 4.98 Å². The van der Waals surface area contributed by atoms with E-state index in [0.717, 1.165) is 30.8 Å². The van der Waals surface area contributed by atoms with E-state index < -0.39 is 5.97 Å². The van der Waals surface area contributed by atoms with Crippen molar-refractivity contribution in [2.75, 3.05) is 52.0 Å². The molecular weight excluding hydrogens is 408 g/mol. The number of aromatic nitrogens is 3. The number of nitrogens with one attached hydrogen (secondary N) is 2. The number of methoxy groups -OCH3 is 2. The molecule has 0 saturated carbocycles. The van der Waals surface area contributed by atoms with Gasteiger partial charge in [-0.3, -0.25) is 4.98 Å². The van der Waals surface area contributed by atoms with Crippen LogP contribution in [0.1, 0.15) is 16.8 Å². The van der Waals surface area contributed by atoms with E-state index in [0.29, 0.717) is 28.8 Å². The van der Waals surface area contributed by atoms with Crippen molar-refractivity contribution in [1.29, 1.82) is 0 Å². The zero-order valence-electron chi connectivity index (χ0n) is 18.8. The van der Waals surface area contributed by atoms with Gasteiger partial charge in [0.2, 0.25) is 5.95 Å². The van der Waals surface area contributed by atoms with Crippen LogP contribution in [0.25, 0.3) is 11.3 Å². The summed E-state index contributed by atoms with van der Waals surface area (Å²) in [5, 5.41) is 6.55. The molecule has 3 rings (SSSR count). The molecule has 2 N–H and O–H groups in total. The summed E-state index contributed by atoms with van der Waals surface area (Å²) in [6, 6.07) is 10.6. The Morgan fingerprint density at radius 2 is 1.84 bits per heavy atom. The minimum Gasteiger partial charge on any atom is -0.495 e. The Morgan fingerprint density at radius 3 is 2.53 bits per heavy atom. The van der Waals surface area contributed by atoms with E-state index in [9.17, 15) is 4.79 Å². The summed E-state index contributed by atoms with van der Waals surface area (Å²) in [6.45, 7) is 1.69. The molecule has 0 aliphatic rings. The second-order valence-electron chi connectivity index (χ2n) is 7.31. The van der Waals surface area contributed by atoms with Crippen LogP contribution in [0.4, 0.5) is 17.5 Å². The van der Waals surface area contributed by atoms with Gasteiger partial charge in [0.25, 0.3) is 0 Å². The Bertz CT molecular complexity index is 1040. The van der Waals surface area contributed by atoms with E-state index in [1.807, 2.05) is 32.3 Å². The fraction of sp³-hybridized carbons (Fsp3) is 0.304. The molecule has 0 spiro atoms. The number of hydrogen-bond acceptors (Lipinski definition) is 9. The molecule has 0 aliphatic heterocycles. The normalized spacial score (nSPS) is 10.7. The molecule has 32 heavy (non-hydrogen) atoms. The van der Waals surface area contributed by atoms with E-state index in [1.54, 1.807) is 37.7 Å². The molecule has 9 nitrogen and oxygen atoms in total. The van der Waals surface area contributed by atoms with Crippen molar-refractivity contribution in [3.05, 3.63) is 54.4 Å². The summed E-state index contributed by atoms with van der Waals surface area (Å²) in [4.78, 5) is 27.4. The average Bonchev–Trinajstić information content (AvgIpc) is 2.81. The molecular formula is C23H28N6O3. The topological polar surface area (TPSA) is 102 Å². The number of carbonyl (C=O) groups excluding carboxylic acids is 1. The Labute approximate surface area is 187 Å². The van der Waals surface area contributed by atoms with Crippen LogP contribution in [0.3, 0.4) is 0 Å². The quantitative estimate of drug-likeness (QED) is 0.365. The first kappa shape index (κ1) is 23.0. The van der Waals surface area contributed by atoms with Crippen LogP contribution in [-0.4, -0.2) is 67.2 Å². The second kappa shape index (κ2) is 11.1. The number of nitrogens with zero attached hydrogens (tertiary/aromatic N) is 4. The monoisotopic (exact) mass is 436 g/mol. The van der Waals surface area contributed by atoms with E-state index in [1.165, 1.54) is 7.11 Å².